The van der Waals surface area contributed by atoms with Gasteiger partial charge in [0, 0.05) is 11.6 Å². The highest BCUT2D eigenvalue weighted by Gasteiger charge is 2.22. The first-order valence-corrected chi connectivity index (χ1v) is 5.57. The molecule has 0 saturated heterocycles. The van der Waals surface area contributed by atoms with Crippen molar-refractivity contribution < 1.29 is 19.1 Å². The van der Waals surface area contributed by atoms with Crippen LogP contribution in [0.4, 0.5) is 0 Å². The summed E-state index contributed by atoms with van der Waals surface area (Å²) < 4.78 is 5.27. The predicted octanol–water partition coefficient (Wildman–Crippen LogP) is 1.97. The molecular formula is C13H17NO4. The lowest BCUT2D eigenvalue weighted by Gasteiger charge is -2.23. The molecule has 98 valence electrons. The van der Waals surface area contributed by atoms with E-state index in [0.717, 1.165) is 5.76 Å². The molecule has 0 atom stereocenters. The topological polar surface area (TPSA) is 79.5 Å². The molecule has 5 nitrogen and oxygen atoms in total. The molecule has 18 heavy (non-hydrogen) atoms. The van der Waals surface area contributed by atoms with Crippen LogP contribution in [0.3, 0.4) is 0 Å². The van der Waals surface area contributed by atoms with Crippen molar-refractivity contribution in [2.24, 2.45) is 0 Å². The van der Waals surface area contributed by atoms with Gasteiger partial charge in [0.1, 0.15) is 11.5 Å². The number of amides is 1. The minimum atomic E-state index is -0.953. The summed E-state index contributed by atoms with van der Waals surface area (Å²) in [5.74, 6) is 0.0428. The van der Waals surface area contributed by atoms with E-state index in [1.807, 2.05) is 6.92 Å². The first-order valence-electron chi connectivity index (χ1n) is 5.57. The van der Waals surface area contributed by atoms with Crippen LogP contribution >= 0.6 is 0 Å². The van der Waals surface area contributed by atoms with Crippen molar-refractivity contribution >= 4 is 18.0 Å². The maximum Gasteiger partial charge on any atom is 0.305 e. The van der Waals surface area contributed by atoms with Gasteiger partial charge in [-0.05, 0) is 39.0 Å². The van der Waals surface area contributed by atoms with E-state index in [1.54, 1.807) is 32.1 Å². The maximum absolute atomic E-state index is 11.6. The largest absolute Gasteiger partial charge is 0.481 e. The first kappa shape index (κ1) is 14.0. The Kier molecular flexibility index (Phi) is 4.31. The van der Waals surface area contributed by atoms with Gasteiger partial charge in [0.25, 0.3) is 0 Å². The number of hydrogen-bond donors (Lipinski definition) is 2. The van der Waals surface area contributed by atoms with E-state index in [4.69, 9.17) is 9.52 Å². The van der Waals surface area contributed by atoms with Gasteiger partial charge in [-0.1, -0.05) is 0 Å². The van der Waals surface area contributed by atoms with Gasteiger partial charge in [0.15, 0.2) is 0 Å². The average molecular weight is 251 g/mol. The van der Waals surface area contributed by atoms with Gasteiger partial charge in [-0.25, -0.2) is 0 Å². The Morgan fingerprint density at radius 1 is 1.44 bits per heavy atom. The highest BCUT2D eigenvalue weighted by atomic mass is 16.4. The van der Waals surface area contributed by atoms with Gasteiger partial charge in [-0.2, -0.15) is 0 Å². The van der Waals surface area contributed by atoms with Gasteiger partial charge in [0.2, 0.25) is 5.91 Å². The Balaban J connectivity index is 2.56. The Morgan fingerprint density at radius 2 is 2.11 bits per heavy atom. The summed E-state index contributed by atoms with van der Waals surface area (Å²) in [5, 5.41) is 11.3. The summed E-state index contributed by atoms with van der Waals surface area (Å²) in [5.41, 5.74) is -0.785. The van der Waals surface area contributed by atoms with E-state index < -0.39 is 11.5 Å². The second kappa shape index (κ2) is 5.53. The van der Waals surface area contributed by atoms with Crippen molar-refractivity contribution in [2.75, 3.05) is 0 Å². The molecule has 1 rings (SSSR count). The van der Waals surface area contributed by atoms with E-state index in [9.17, 15) is 9.59 Å². The standard InChI is InChI=1S/C13H17NO4/c1-9-4-5-10(18-9)6-7-11(15)14-13(2,3)8-12(16)17/h4-7H,8H2,1-3H3,(H,14,15)(H,16,17). The van der Waals surface area contributed by atoms with Gasteiger partial charge in [0.05, 0.1) is 6.42 Å². The summed E-state index contributed by atoms with van der Waals surface area (Å²) in [6.07, 6.45) is 2.73. The summed E-state index contributed by atoms with van der Waals surface area (Å²) in [7, 11) is 0. The van der Waals surface area contributed by atoms with E-state index in [-0.39, 0.29) is 12.3 Å². The van der Waals surface area contributed by atoms with Gasteiger partial charge in [-0.15, -0.1) is 0 Å². The molecular weight excluding hydrogens is 234 g/mol. The maximum atomic E-state index is 11.6. The Morgan fingerprint density at radius 3 is 2.61 bits per heavy atom. The minimum Gasteiger partial charge on any atom is -0.481 e. The van der Waals surface area contributed by atoms with Gasteiger partial charge < -0.3 is 14.8 Å². The number of rotatable bonds is 5. The number of nitrogens with one attached hydrogen (secondary N) is 1. The zero-order chi connectivity index (χ0) is 13.8. The second-order valence-corrected chi connectivity index (χ2v) is 4.73. The molecule has 1 heterocycles. The number of carbonyl (C=O) groups excluding carboxylic acids is 1. The summed E-state index contributed by atoms with van der Waals surface area (Å²) in [6.45, 7) is 5.13. The van der Waals surface area contributed by atoms with Crippen LogP contribution in [0, 0.1) is 6.92 Å². The average Bonchev–Trinajstić information content (AvgIpc) is 2.58. The molecule has 0 aliphatic carbocycles. The Hall–Kier alpha value is -2.04. The number of aliphatic carboxylic acids is 1. The summed E-state index contributed by atoms with van der Waals surface area (Å²) in [4.78, 5) is 22.2. The van der Waals surface area contributed by atoms with Crippen LogP contribution < -0.4 is 5.32 Å². The van der Waals surface area contributed by atoms with E-state index in [0.29, 0.717) is 5.76 Å². The third-order valence-electron chi connectivity index (χ3n) is 2.21. The fourth-order valence-electron chi connectivity index (χ4n) is 1.50. The molecule has 2 N–H and O–H groups in total. The molecule has 0 aliphatic heterocycles. The van der Waals surface area contributed by atoms with Crippen molar-refractivity contribution in [3.05, 3.63) is 29.7 Å². The molecule has 0 saturated carbocycles. The summed E-state index contributed by atoms with van der Waals surface area (Å²) in [6, 6.07) is 3.55. The van der Waals surface area contributed by atoms with Gasteiger partial charge >= 0.3 is 5.97 Å². The normalized spacial score (nSPS) is 11.7. The lowest BCUT2D eigenvalue weighted by atomic mass is 10.0. The SMILES string of the molecule is Cc1ccc(C=CC(=O)NC(C)(C)CC(=O)O)o1. The van der Waals surface area contributed by atoms with Crippen molar-refractivity contribution in [1.82, 2.24) is 5.32 Å². The molecule has 5 heteroatoms. The van der Waals surface area contributed by atoms with Crippen molar-refractivity contribution in [3.8, 4) is 0 Å². The quantitative estimate of drug-likeness (QED) is 0.784. The molecule has 1 amide bonds. The van der Waals surface area contributed by atoms with Crippen LogP contribution in [0.5, 0.6) is 0 Å². The van der Waals surface area contributed by atoms with Crippen molar-refractivity contribution in [3.63, 3.8) is 0 Å². The molecule has 0 aromatic carbocycles. The number of furan rings is 1. The number of carboxylic acids is 1. The zero-order valence-electron chi connectivity index (χ0n) is 10.7. The number of carboxylic acid groups (broad SMARTS) is 1. The Bertz CT molecular complexity index is 471. The van der Waals surface area contributed by atoms with Crippen LogP contribution in [0.15, 0.2) is 22.6 Å². The molecule has 1 aromatic heterocycles. The van der Waals surface area contributed by atoms with Crippen LogP contribution in [0.2, 0.25) is 0 Å². The molecule has 0 aliphatic rings. The van der Waals surface area contributed by atoms with Crippen LogP contribution in [0.1, 0.15) is 31.8 Å². The fourth-order valence-corrected chi connectivity index (χ4v) is 1.50. The lowest BCUT2D eigenvalue weighted by molar-refractivity contribution is -0.138. The van der Waals surface area contributed by atoms with E-state index in [1.165, 1.54) is 6.08 Å². The molecule has 0 unspecified atom stereocenters. The van der Waals surface area contributed by atoms with Crippen LogP contribution in [-0.4, -0.2) is 22.5 Å². The third kappa shape index (κ3) is 4.86. The highest BCUT2D eigenvalue weighted by Crippen LogP contribution is 2.10. The second-order valence-electron chi connectivity index (χ2n) is 4.73. The molecule has 1 aromatic rings. The van der Waals surface area contributed by atoms with Crippen molar-refractivity contribution in [2.45, 2.75) is 32.7 Å². The summed E-state index contributed by atoms with van der Waals surface area (Å²) >= 11 is 0. The fraction of sp³-hybridized carbons (Fsp3) is 0.385. The third-order valence-corrected chi connectivity index (χ3v) is 2.21. The Labute approximate surface area is 105 Å². The minimum absolute atomic E-state index is 0.132. The lowest BCUT2D eigenvalue weighted by Crippen LogP contribution is -2.44. The van der Waals surface area contributed by atoms with E-state index in [2.05, 4.69) is 5.32 Å². The first-order chi connectivity index (χ1) is 8.28. The van der Waals surface area contributed by atoms with Crippen LogP contribution in [0.25, 0.3) is 6.08 Å². The zero-order valence-corrected chi connectivity index (χ0v) is 10.7. The molecule has 0 spiro atoms. The van der Waals surface area contributed by atoms with E-state index >= 15 is 0 Å². The van der Waals surface area contributed by atoms with Crippen molar-refractivity contribution in [1.29, 1.82) is 0 Å². The smallest absolute Gasteiger partial charge is 0.305 e. The molecule has 0 fully saturated rings. The molecule has 0 bridgehead atoms. The molecule has 0 radical (unpaired) electrons. The van der Waals surface area contributed by atoms with Gasteiger partial charge in [-0.3, -0.25) is 9.59 Å². The number of hydrogen-bond acceptors (Lipinski definition) is 3. The predicted molar refractivity (Wildman–Crippen MR) is 67.0 cm³/mol. The van der Waals surface area contributed by atoms with Crippen LogP contribution in [-0.2, 0) is 9.59 Å². The number of aryl methyl sites for hydroxylation is 1. The highest BCUT2D eigenvalue weighted by molar-refractivity contribution is 5.92. The monoisotopic (exact) mass is 251 g/mol. The number of carbonyl (C=O) groups is 2.